The highest BCUT2D eigenvalue weighted by Gasteiger charge is 2.25. The molecule has 1 aliphatic heterocycles. The largest absolute Gasteiger partial charge is 0.495 e. The Labute approximate surface area is 125 Å². The molecule has 1 aromatic carbocycles. The number of methoxy groups -OCH3 is 1. The number of hydrogen-bond acceptors (Lipinski definition) is 4. The van der Waals surface area contributed by atoms with E-state index in [1.54, 1.807) is 23.1 Å². The van der Waals surface area contributed by atoms with Crippen LogP contribution in [0.2, 0.25) is 0 Å². The first-order valence-electron chi connectivity index (χ1n) is 6.95. The zero-order chi connectivity index (χ0) is 15.5. The van der Waals surface area contributed by atoms with Crippen molar-refractivity contribution in [3.63, 3.8) is 0 Å². The lowest BCUT2D eigenvalue weighted by Gasteiger charge is -2.20. The Hall–Kier alpha value is -1.76. The molecular weight excluding hydrogens is 292 g/mol. The minimum Gasteiger partial charge on any atom is -0.495 e. The van der Waals surface area contributed by atoms with Crippen molar-refractivity contribution < 1.29 is 17.9 Å². The molecule has 6 nitrogen and oxygen atoms in total. The molecule has 0 spiro atoms. The number of rotatable bonds is 6. The fraction of sp³-hybridized carbons (Fsp3) is 0.500. The van der Waals surface area contributed by atoms with Crippen molar-refractivity contribution in [3.05, 3.63) is 18.2 Å². The van der Waals surface area contributed by atoms with Gasteiger partial charge in [-0.3, -0.25) is 9.52 Å². The summed E-state index contributed by atoms with van der Waals surface area (Å²) in [6.45, 7) is 2.43. The lowest BCUT2D eigenvalue weighted by Crippen LogP contribution is -2.24. The maximum absolute atomic E-state index is 11.9. The molecule has 2 rings (SSSR count). The first-order valence-corrected chi connectivity index (χ1v) is 8.61. The molecule has 0 atom stereocenters. The molecule has 116 valence electrons. The normalized spacial score (nSPS) is 15.3. The molecule has 0 bridgehead atoms. The van der Waals surface area contributed by atoms with Gasteiger partial charge in [0.15, 0.2) is 0 Å². The Kier molecular flexibility index (Phi) is 4.72. The Balaban J connectivity index is 2.31. The summed E-state index contributed by atoms with van der Waals surface area (Å²) in [5.41, 5.74) is 1.05. The van der Waals surface area contributed by atoms with Crippen molar-refractivity contribution in [2.24, 2.45) is 0 Å². The highest BCUT2D eigenvalue weighted by Crippen LogP contribution is 2.34. The van der Waals surface area contributed by atoms with Gasteiger partial charge in [-0.2, -0.15) is 0 Å². The molecule has 0 unspecified atom stereocenters. The van der Waals surface area contributed by atoms with E-state index in [2.05, 4.69) is 4.72 Å². The number of ether oxygens (including phenoxy) is 1. The topological polar surface area (TPSA) is 75.7 Å². The van der Waals surface area contributed by atoms with E-state index >= 15 is 0 Å². The number of carbonyl (C=O) groups is 1. The van der Waals surface area contributed by atoms with E-state index in [9.17, 15) is 13.2 Å². The third kappa shape index (κ3) is 3.66. The zero-order valence-electron chi connectivity index (χ0n) is 12.3. The van der Waals surface area contributed by atoms with Crippen LogP contribution in [0.25, 0.3) is 0 Å². The Morgan fingerprint density at radius 3 is 2.71 bits per heavy atom. The summed E-state index contributed by atoms with van der Waals surface area (Å²) in [5.74, 6) is 0.655. The van der Waals surface area contributed by atoms with E-state index in [0.29, 0.717) is 36.5 Å². The number of hydrogen-bond donors (Lipinski definition) is 1. The second kappa shape index (κ2) is 6.34. The van der Waals surface area contributed by atoms with Crippen molar-refractivity contribution in [1.29, 1.82) is 0 Å². The number of nitrogens with zero attached hydrogens (tertiary/aromatic N) is 1. The van der Waals surface area contributed by atoms with Crippen LogP contribution in [-0.4, -0.2) is 33.7 Å². The van der Waals surface area contributed by atoms with Gasteiger partial charge >= 0.3 is 0 Å². The maximum Gasteiger partial charge on any atom is 0.232 e. The minimum atomic E-state index is -3.35. The van der Waals surface area contributed by atoms with Crippen LogP contribution >= 0.6 is 0 Å². The summed E-state index contributed by atoms with van der Waals surface area (Å²) in [7, 11) is -1.82. The van der Waals surface area contributed by atoms with Crippen LogP contribution in [0.5, 0.6) is 5.75 Å². The summed E-state index contributed by atoms with van der Waals surface area (Å²) in [4.78, 5) is 13.5. The molecular formula is C14H20N2O4S. The molecule has 1 fully saturated rings. The summed E-state index contributed by atoms with van der Waals surface area (Å²) >= 11 is 0. The quantitative estimate of drug-likeness (QED) is 0.871. The van der Waals surface area contributed by atoms with Gasteiger partial charge < -0.3 is 9.64 Å². The van der Waals surface area contributed by atoms with Gasteiger partial charge in [-0.1, -0.05) is 6.92 Å². The highest BCUT2D eigenvalue weighted by molar-refractivity contribution is 7.92. The monoisotopic (exact) mass is 312 g/mol. The SMILES string of the molecule is CCCS(=O)(=O)Nc1ccc(OC)c(N2CCCC2=O)c1. The number of carbonyl (C=O) groups excluding carboxylic acids is 1. The van der Waals surface area contributed by atoms with Crippen LogP contribution in [0.4, 0.5) is 11.4 Å². The second-order valence-electron chi connectivity index (χ2n) is 4.96. The summed E-state index contributed by atoms with van der Waals surface area (Å²) < 4.78 is 31.5. The predicted octanol–water partition coefficient (Wildman–Crippen LogP) is 1.97. The highest BCUT2D eigenvalue weighted by atomic mass is 32.2. The van der Waals surface area contributed by atoms with Crippen molar-refractivity contribution in [2.75, 3.05) is 29.0 Å². The van der Waals surface area contributed by atoms with Gasteiger partial charge in [0.05, 0.1) is 24.2 Å². The van der Waals surface area contributed by atoms with Crippen LogP contribution in [0.15, 0.2) is 18.2 Å². The van der Waals surface area contributed by atoms with Crippen LogP contribution in [0, 0.1) is 0 Å². The van der Waals surface area contributed by atoms with E-state index in [0.717, 1.165) is 6.42 Å². The fourth-order valence-corrected chi connectivity index (χ4v) is 3.49. The molecule has 0 radical (unpaired) electrons. The smallest absolute Gasteiger partial charge is 0.232 e. The van der Waals surface area contributed by atoms with Crippen LogP contribution in [-0.2, 0) is 14.8 Å². The van der Waals surface area contributed by atoms with E-state index in [-0.39, 0.29) is 11.7 Å². The van der Waals surface area contributed by atoms with E-state index in [1.165, 1.54) is 7.11 Å². The summed E-state index contributed by atoms with van der Waals surface area (Å²) in [6.07, 6.45) is 1.85. The molecule has 7 heteroatoms. The van der Waals surface area contributed by atoms with Crippen molar-refractivity contribution in [1.82, 2.24) is 0 Å². The van der Waals surface area contributed by atoms with Crippen molar-refractivity contribution in [3.8, 4) is 5.75 Å². The van der Waals surface area contributed by atoms with Crippen molar-refractivity contribution in [2.45, 2.75) is 26.2 Å². The number of anilines is 2. The van der Waals surface area contributed by atoms with Gasteiger partial charge in [0.1, 0.15) is 5.75 Å². The van der Waals surface area contributed by atoms with E-state index in [1.807, 2.05) is 6.92 Å². The van der Waals surface area contributed by atoms with Crippen LogP contribution < -0.4 is 14.4 Å². The average Bonchev–Trinajstić information content (AvgIpc) is 2.84. The van der Waals surface area contributed by atoms with Crippen LogP contribution in [0.1, 0.15) is 26.2 Å². The lowest BCUT2D eigenvalue weighted by molar-refractivity contribution is -0.117. The van der Waals surface area contributed by atoms with Gasteiger partial charge in [-0.05, 0) is 31.0 Å². The van der Waals surface area contributed by atoms with Gasteiger partial charge in [0.2, 0.25) is 15.9 Å². The number of sulfonamides is 1. The molecule has 1 amide bonds. The minimum absolute atomic E-state index is 0.0295. The predicted molar refractivity (Wildman–Crippen MR) is 82.3 cm³/mol. The van der Waals surface area contributed by atoms with Crippen LogP contribution in [0.3, 0.4) is 0 Å². The van der Waals surface area contributed by atoms with Gasteiger partial charge in [-0.25, -0.2) is 8.42 Å². The molecule has 1 saturated heterocycles. The Bertz CT molecular complexity index is 628. The first-order chi connectivity index (χ1) is 9.96. The van der Waals surface area contributed by atoms with E-state index < -0.39 is 10.0 Å². The molecule has 0 aliphatic carbocycles. The zero-order valence-corrected chi connectivity index (χ0v) is 13.1. The number of nitrogens with one attached hydrogen (secondary N) is 1. The summed E-state index contributed by atoms with van der Waals surface area (Å²) in [6, 6.07) is 4.95. The first kappa shape index (κ1) is 15.6. The fourth-order valence-electron chi connectivity index (χ4n) is 2.37. The summed E-state index contributed by atoms with van der Waals surface area (Å²) in [5, 5.41) is 0. The van der Waals surface area contributed by atoms with Gasteiger partial charge in [-0.15, -0.1) is 0 Å². The molecule has 21 heavy (non-hydrogen) atoms. The average molecular weight is 312 g/mol. The standard InChI is InChI=1S/C14H20N2O4S/c1-3-9-21(18,19)15-11-6-7-13(20-2)12(10-11)16-8-4-5-14(16)17/h6-7,10,15H,3-5,8-9H2,1-2H3. The third-order valence-electron chi connectivity index (χ3n) is 3.29. The molecule has 0 aromatic heterocycles. The lowest BCUT2D eigenvalue weighted by atomic mass is 10.2. The van der Waals surface area contributed by atoms with Crippen molar-refractivity contribution >= 4 is 27.3 Å². The molecule has 0 saturated carbocycles. The molecule has 1 heterocycles. The third-order valence-corrected chi connectivity index (χ3v) is 4.78. The Morgan fingerprint density at radius 2 is 2.14 bits per heavy atom. The second-order valence-corrected chi connectivity index (χ2v) is 6.80. The van der Waals surface area contributed by atoms with E-state index in [4.69, 9.17) is 4.74 Å². The number of benzene rings is 1. The molecule has 1 aliphatic rings. The maximum atomic E-state index is 11.9. The molecule has 1 aromatic rings. The van der Waals surface area contributed by atoms with Gasteiger partial charge in [0.25, 0.3) is 0 Å². The molecule has 1 N–H and O–H groups in total. The Morgan fingerprint density at radius 1 is 1.38 bits per heavy atom. The van der Waals surface area contributed by atoms with Gasteiger partial charge in [0, 0.05) is 13.0 Å². The number of amides is 1.